The number of carbonyl (C=O) groups is 1. The fraction of sp³-hybridized carbons (Fsp3) is 0.217. The second-order valence-electron chi connectivity index (χ2n) is 7.09. The number of para-hydroxylation sites is 1. The Bertz CT molecular complexity index is 1110. The molecule has 0 radical (unpaired) electrons. The second kappa shape index (κ2) is 9.54. The predicted octanol–water partition coefficient (Wildman–Crippen LogP) is 4.05. The summed E-state index contributed by atoms with van der Waals surface area (Å²) in [5.41, 5.74) is 2.95. The van der Waals surface area contributed by atoms with Crippen LogP contribution in [0.3, 0.4) is 0 Å². The number of benzene rings is 2. The molecule has 0 bridgehead atoms. The van der Waals surface area contributed by atoms with Crippen LogP contribution in [0.15, 0.2) is 78.2 Å². The summed E-state index contributed by atoms with van der Waals surface area (Å²) < 4.78 is 1.78. The van der Waals surface area contributed by atoms with Crippen molar-refractivity contribution in [2.45, 2.75) is 30.8 Å². The molecule has 0 spiro atoms. The number of aryl methyl sites for hydroxylation is 1. The number of hydrogen-bond acceptors (Lipinski definition) is 5. The smallest absolute Gasteiger partial charge is 0.230 e. The fourth-order valence-electron chi connectivity index (χ4n) is 3.25. The van der Waals surface area contributed by atoms with E-state index in [0.29, 0.717) is 5.75 Å². The molecule has 0 aliphatic carbocycles. The topological polar surface area (TPSA) is 72.7 Å². The van der Waals surface area contributed by atoms with Gasteiger partial charge in [0.2, 0.25) is 5.91 Å². The molecular weight excluding hydrogens is 394 g/mol. The molecule has 0 saturated carbocycles. The van der Waals surface area contributed by atoms with E-state index >= 15 is 0 Å². The minimum absolute atomic E-state index is 0.00257. The van der Waals surface area contributed by atoms with Gasteiger partial charge in [0.1, 0.15) is 11.4 Å². The predicted molar refractivity (Wildman–Crippen MR) is 120 cm³/mol. The summed E-state index contributed by atoms with van der Waals surface area (Å²) in [5.74, 6) is 0.306. The Labute approximate surface area is 179 Å². The van der Waals surface area contributed by atoms with Crippen LogP contribution in [0.5, 0.6) is 0 Å². The van der Waals surface area contributed by atoms with E-state index in [9.17, 15) is 4.79 Å². The van der Waals surface area contributed by atoms with Crippen LogP contribution in [0.25, 0.3) is 16.7 Å². The maximum atomic E-state index is 12.4. The average molecular weight is 418 g/mol. The van der Waals surface area contributed by atoms with E-state index in [1.807, 2.05) is 55.5 Å². The molecule has 2 heterocycles. The Morgan fingerprint density at radius 1 is 1.07 bits per heavy atom. The zero-order chi connectivity index (χ0) is 20.8. The van der Waals surface area contributed by atoms with Gasteiger partial charge in [-0.2, -0.15) is 5.10 Å². The van der Waals surface area contributed by atoms with Gasteiger partial charge < -0.3 is 5.32 Å². The van der Waals surface area contributed by atoms with Crippen LogP contribution in [0.4, 0.5) is 0 Å². The largest absolute Gasteiger partial charge is 0.353 e. The molecule has 152 valence electrons. The first kappa shape index (κ1) is 20.1. The van der Waals surface area contributed by atoms with E-state index in [0.717, 1.165) is 34.6 Å². The molecule has 2 aromatic carbocycles. The van der Waals surface area contributed by atoms with E-state index in [2.05, 4.69) is 32.5 Å². The van der Waals surface area contributed by atoms with Crippen LogP contribution in [-0.4, -0.2) is 37.5 Å². The molecule has 2 aromatic heterocycles. The van der Waals surface area contributed by atoms with Crippen molar-refractivity contribution in [2.24, 2.45) is 0 Å². The maximum Gasteiger partial charge on any atom is 0.230 e. The highest BCUT2D eigenvalue weighted by Crippen LogP contribution is 2.25. The summed E-state index contributed by atoms with van der Waals surface area (Å²) in [6.45, 7) is 2.04. The standard InChI is InChI=1S/C23H23N5OS/c1-17(12-13-18-8-4-2-5-9-18)27-21(29)15-30-23-20-14-26-28(22(20)24-16-25-23)19-10-6-3-7-11-19/h2-11,14,16-17H,12-13,15H2,1H3,(H,27,29). The van der Waals surface area contributed by atoms with Crippen LogP contribution < -0.4 is 5.32 Å². The number of amides is 1. The Morgan fingerprint density at radius 3 is 2.57 bits per heavy atom. The third kappa shape index (κ3) is 4.86. The van der Waals surface area contributed by atoms with E-state index in [1.165, 1.54) is 23.7 Å². The van der Waals surface area contributed by atoms with Gasteiger partial charge in [-0.15, -0.1) is 0 Å². The lowest BCUT2D eigenvalue weighted by molar-refractivity contribution is -0.119. The van der Waals surface area contributed by atoms with Crippen molar-refractivity contribution in [3.8, 4) is 5.69 Å². The van der Waals surface area contributed by atoms with Crippen LogP contribution >= 0.6 is 11.8 Å². The first-order valence-corrected chi connectivity index (χ1v) is 10.9. The average Bonchev–Trinajstić information content (AvgIpc) is 3.22. The van der Waals surface area contributed by atoms with Gasteiger partial charge in [-0.25, -0.2) is 14.6 Å². The van der Waals surface area contributed by atoms with Crippen LogP contribution in [0.2, 0.25) is 0 Å². The van der Waals surface area contributed by atoms with Crippen molar-refractivity contribution in [1.82, 2.24) is 25.1 Å². The molecule has 1 atom stereocenters. The van der Waals surface area contributed by atoms with Gasteiger partial charge in [-0.05, 0) is 37.5 Å². The molecule has 0 saturated heterocycles. The number of nitrogens with one attached hydrogen (secondary N) is 1. The highest BCUT2D eigenvalue weighted by Gasteiger charge is 2.14. The van der Waals surface area contributed by atoms with Gasteiger partial charge in [-0.1, -0.05) is 60.3 Å². The van der Waals surface area contributed by atoms with Gasteiger partial charge in [0.05, 0.1) is 23.0 Å². The Hall–Kier alpha value is -3.19. The number of hydrogen-bond donors (Lipinski definition) is 1. The third-order valence-electron chi connectivity index (χ3n) is 4.79. The number of carbonyl (C=O) groups excluding carboxylic acids is 1. The SMILES string of the molecule is CC(CCc1ccccc1)NC(=O)CSc1ncnc2c1cnn2-c1ccccc1. The number of nitrogens with zero attached hydrogens (tertiary/aromatic N) is 4. The van der Waals surface area contributed by atoms with Crippen molar-refractivity contribution >= 4 is 28.7 Å². The summed E-state index contributed by atoms with van der Waals surface area (Å²) >= 11 is 1.41. The molecule has 4 rings (SSSR count). The van der Waals surface area contributed by atoms with E-state index < -0.39 is 0 Å². The first-order valence-electron chi connectivity index (χ1n) is 9.91. The molecule has 4 aromatic rings. The second-order valence-corrected chi connectivity index (χ2v) is 8.05. The Kier molecular flexibility index (Phi) is 6.39. The van der Waals surface area contributed by atoms with Crippen molar-refractivity contribution < 1.29 is 4.79 Å². The molecule has 7 heteroatoms. The lowest BCUT2D eigenvalue weighted by Crippen LogP contribution is -2.34. The minimum atomic E-state index is 0.00257. The highest BCUT2D eigenvalue weighted by molar-refractivity contribution is 8.00. The van der Waals surface area contributed by atoms with E-state index in [-0.39, 0.29) is 11.9 Å². The highest BCUT2D eigenvalue weighted by atomic mass is 32.2. The zero-order valence-electron chi connectivity index (χ0n) is 16.7. The monoisotopic (exact) mass is 417 g/mol. The van der Waals surface area contributed by atoms with Crippen molar-refractivity contribution in [3.63, 3.8) is 0 Å². The summed E-state index contributed by atoms with van der Waals surface area (Å²) in [7, 11) is 0. The van der Waals surface area contributed by atoms with Crippen molar-refractivity contribution in [1.29, 1.82) is 0 Å². The van der Waals surface area contributed by atoms with Gasteiger partial charge >= 0.3 is 0 Å². The number of thioether (sulfide) groups is 1. The summed E-state index contributed by atoms with van der Waals surface area (Å²) in [4.78, 5) is 21.1. The summed E-state index contributed by atoms with van der Waals surface area (Å²) in [5, 5.41) is 9.13. The van der Waals surface area contributed by atoms with Gasteiger partial charge in [-0.3, -0.25) is 4.79 Å². The number of rotatable bonds is 8. The Morgan fingerprint density at radius 2 is 1.80 bits per heavy atom. The summed E-state index contributed by atoms with van der Waals surface area (Å²) in [6, 6.07) is 20.3. The molecule has 0 fully saturated rings. The van der Waals surface area contributed by atoms with Crippen molar-refractivity contribution in [3.05, 3.63) is 78.8 Å². The number of aromatic nitrogens is 4. The van der Waals surface area contributed by atoms with Crippen LogP contribution in [0, 0.1) is 0 Å². The van der Waals surface area contributed by atoms with Crippen molar-refractivity contribution in [2.75, 3.05) is 5.75 Å². The third-order valence-corrected chi connectivity index (χ3v) is 5.79. The molecule has 0 aliphatic rings. The quantitative estimate of drug-likeness (QED) is 0.346. The van der Waals surface area contributed by atoms with Crippen LogP contribution in [0.1, 0.15) is 18.9 Å². The van der Waals surface area contributed by atoms with Crippen LogP contribution in [-0.2, 0) is 11.2 Å². The molecule has 1 amide bonds. The maximum absolute atomic E-state index is 12.4. The Balaban J connectivity index is 1.35. The normalized spacial score (nSPS) is 12.0. The molecule has 1 unspecified atom stereocenters. The molecule has 0 aliphatic heterocycles. The minimum Gasteiger partial charge on any atom is -0.353 e. The lowest BCUT2D eigenvalue weighted by atomic mass is 10.1. The van der Waals surface area contributed by atoms with Gasteiger partial charge in [0.25, 0.3) is 0 Å². The van der Waals surface area contributed by atoms with E-state index in [1.54, 1.807) is 10.9 Å². The fourth-order valence-corrected chi connectivity index (χ4v) is 4.02. The first-order chi connectivity index (χ1) is 14.7. The molecule has 6 nitrogen and oxygen atoms in total. The van der Waals surface area contributed by atoms with Gasteiger partial charge in [0.15, 0.2) is 5.65 Å². The molecule has 30 heavy (non-hydrogen) atoms. The summed E-state index contributed by atoms with van der Waals surface area (Å²) in [6.07, 6.45) is 5.12. The zero-order valence-corrected chi connectivity index (χ0v) is 17.5. The van der Waals surface area contributed by atoms with E-state index in [4.69, 9.17) is 0 Å². The van der Waals surface area contributed by atoms with Gasteiger partial charge in [0, 0.05) is 6.04 Å². The molecule has 1 N–H and O–H groups in total. The molecular formula is C23H23N5OS. The number of fused-ring (bicyclic) bond motifs is 1. The lowest BCUT2D eigenvalue weighted by Gasteiger charge is -2.13.